The van der Waals surface area contributed by atoms with E-state index in [1.165, 1.54) is 11.1 Å². The summed E-state index contributed by atoms with van der Waals surface area (Å²) in [7, 11) is 0. The van der Waals surface area contributed by atoms with Crippen molar-refractivity contribution in [3.8, 4) is 0 Å². The molecule has 3 nitrogen and oxygen atoms in total. The highest BCUT2D eigenvalue weighted by Crippen LogP contribution is 2.31. The minimum atomic E-state index is 0.123. The first-order valence-corrected chi connectivity index (χ1v) is 7.81. The second-order valence-electron chi connectivity index (χ2n) is 6.20. The summed E-state index contributed by atoms with van der Waals surface area (Å²) in [4.78, 5) is 11.8. The third kappa shape index (κ3) is 4.71. The number of fused-ring (bicyclic) bond motifs is 1. The van der Waals surface area contributed by atoms with Crippen LogP contribution in [0.1, 0.15) is 51.5 Å². The molecule has 0 aliphatic carbocycles. The van der Waals surface area contributed by atoms with Crippen LogP contribution < -0.4 is 10.6 Å². The van der Waals surface area contributed by atoms with Gasteiger partial charge in [0.15, 0.2) is 0 Å². The summed E-state index contributed by atoms with van der Waals surface area (Å²) in [6, 6.07) is 8.59. The van der Waals surface area contributed by atoms with Crippen molar-refractivity contribution in [3.63, 3.8) is 0 Å². The Balaban J connectivity index is 1.88. The Bertz CT molecular complexity index is 518. The zero-order chi connectivity index (χ0) is 15.2. The number of rotatable bonds is 6. The monoisotopic (exact) mass is 286 g/mol. The summed E-state index contributed by atoms with van der Waals surface area (Å²) in [6.45, 7) is 7.35. The summed E-state index contributed by atoms with van der Waals surface area (Å²) in [6.07, 6.45) is 5.09. The van der Waals surface area contributed by atoms with Crippen molar-refractivity contribution in [1.29, 1.82) is 0 Å². The van der Waals surface area contributed by atoms with Gasteiger partial charge >= 0.3 is 0 Å². The molecule has 2 rings (SSSR count). The molecule has 1 heterocycles. The lowest BCUT2D eigenvalue weighted by atomic mass is 9.90. The van der Waals surface area contributed by atoms with E-state index in [4.69, 9.17) is 0 Å². The molecule has 0 unspecified atom stereocenters. The first-order chi connectivity index (χ1) is 10.1. The number of hydrogen-bond donors (Lipinski definition) is 2. The van der Waals surface area contributed by atoms with Crippen LogP contribution in [0.4, 0.5) is 5.69 Å². The predicted octanol–water partition coefficient (Wildman–Crippen LogP) is 3.84. The highest BCUT2D eigenvalue weighted by Gasteiger charge is 2.24. The van der Waals surface area contributed by atoms with Crippen molar-refractivity contribution >= 4 is 11.6 Å². The third-order valence-corrected chi connectivity index (χ3v) is 3.97. The van der Waals surface area contributed by atoms with Crippen LogP contribution in [0.15, 0.2) is 35.9 Å². The Morgan fingerprint density at radius 1 is 1.43 bits per heavy atom. The predicted molar refractivity (Wildman–Crippen MR) is 88.6 cm³/mol. The summed E-state index contributed by atoms with van der Waals surface area (Å²) >= 11 is 0. The van der Waals surface area contributed by atoms with Crippen molar-refractivity contribution in [2.45, 2.75) is 52.0 Å². The molecule has 0 saturated carbocycles. The third-order valence-electron chi connectivity index (χ3n) is 3.97. The maximum atomic E-state index is 11.8. The lowest BCUT2D eigenvalue weighted by molar-refractivity contribution is -0.116. The van der Waals surface area contributed by atoms with Crippen LogP contribution in [0.5, 0.6) is 0 Å². The van der Waals surface area contributed by atoms with Crippen LogP contribution in [0, 0.1) is 0 Å². The maximum absolute atomic E-state index is 11.8. The summed E-state index contributed by atoms with van der Waals surface area (Å²) < 4.78 is 0. The van der Waals surface area contributed by atoms with Gasteiger partial charge in [0, 0.05) is 30.6 Å². The molecule has 114 valence electrons. The van der Waals surface area contributed by atoms with Crippen LogP contribution in [-0.2, 0) is 4.79 Å². The molecular weight excluding hydrogens is 260 g/mol. The normalized spacial score (nSPS) is 18.6. The average Bonchev–Trinajstić information content (AvgIpc) is 2.44. The highest BCUT2D eigenvalue weighted by atomic mass is 16.1. The van der Waals surface area contributed by atoms with Gasteiger partial charge in [0.25, 0.3) is 0 Å². The molecule has 0 aromatic heterocycles. The van der Waals surface area contributed by atoms with E-state index in [0.717, 1.165) is 25.1 Å². The van der Waals surface area contributed by atoms with Crippen LogP contribution in [0.2, 0.25) is 0 Å². The lowest BCUT2D eigenvalue weighted by Gasteiger charge is -2.27. The number of para-hydroxylation sites is 1. The van der Waals surface area contributed by atoms with Gasteiger partial charge in [-0.3, -0.25) is 4.79 Å². The molecule has 1 aromatic rings. The first-order valence-electron chi connectivity index (χ1n) is 7.81. The van der Waals surface area contributed by atoms with Crippen LogP contribution >= 0.6 is 0 Å². The van der Waals surface area contributed by atoms with Gasteiger partial charge in [0.1, 0.15) is 0 Å². The SMILES string of the molecule is CC(C)=CCC[C@@H](C)NC[C@H]1CC(=O)Nc2ccccc21. The van der Waals surface area contributed by atoms with Crippen molar-refractivity contribution in [2.24, 2.45) is 0 Å². The van der Waals surface area contributed by atoms with Crippen LogP contribution in [0.25, 0.3) is 0 Å². The molecule has 1 amide bonds. The summed E-state index contributed by atoms with van der Waals surface area (Å²) in [5.41, 5.74) is 3.60. The fourth-order valence-electron chi connectivity index (χ4n) is 2.75. The second kappa shape index (κ2) is 7.41. The van der Waals surface area contributed by atoms with Gasteiger partial charge in [-0.1, -0.05) is 29.8 Å². The Labute approximate surface area is 127 Å². The van der Waals surface area contributed by atoms with Gasteiger partial charge < -0.3 is 10.6 Å². The number of nitrogens with one attached hydrogen (secondary N) is 2. The number of amides is 1. The molecule has 1 aromatic carbocycles. The van der Waals surface area contributed by atoms with Crippen molar-refractivity contribution in [2.75, 3.05) is 11.9 Å². The van der Waals surface area contributed by atoms with E-state index in [1.54, 1.807) is 0 Å². The molecule has 2 N–H and O–H groups in total. The van der Waals surface area contributed by atoms with Gasteiger partial charge in [0.05, 0.1) is 0 Å². The van der Waals surface area contributed by atoms with Gasteiger partial charge in [0.2, 0.25) is 5.91 Å². The topological polar surface area (TPSA) is 41.1 Å². The van der Waals surface area contributed by atoms with Crippen molar-refractivity contribution in [3.05, 3.63) is 41.5 Å². The number of benzene rings is 1. The first kappa shape index (κ1) is 15.8. The average molecular weight is 286 g/mol. The fraction of sp³-hybridized carbons (Fsp3) is 0.500. The zero-order valence-electron chi connectivity index (χ0n) is 13.3. The molecule has 1 aliphatic heterocycles. The Hall–Kier alpha value is -1.61. The molecule has 2 atom stereocenters. The van der Waals surface area contributed by atoms with E-state index in [9.17, 15) is 4.79 Å². The second-order valence-corrected chi connectivity index (χ2v) is 6.20. The molecule has 0 bridgehead atoms. The molecule has 0 fully saturated rings. The minimum absolute atomic E-state index is 0.123. The molecule has 0 spiro atoms. The molecule has 1 aliphatic rings. The van der Waals surface area contributed by atoms with Gasteiger partial charge in [-0.15, -0.1) is 0 Å². The Morgan fingerprint density at radius 2 is 2.19 bits per heavy atom. The molecular formula is C18H26N2O. The van der Waals surface area contributed by atoms with Gasteiger partial charge in [-0.2, -0.15) is 0 Å². The van der Waals surface area contributed by atoms with Crippen molar-refractivity contribution in [1.82, 2.24) is 5.32 Å². The standard InChI is InChI=1S/C18H26N2O/c1-13(2)7-6-8-14(3)19-12-15-11-18(21)20-17-10-5-4-9-16(15)17/h4-5,7,9-10,14-15,19H,6,8,11-12H2,1-3H3,(H,20,21)/t14-,15-/m1/s1. The number of allylic oxidation sites excluding steroid dienone is 2. The van der Waals surface area contributed by atoms with Crippen LogP contribution in [0.3, 0.4) is 0 Å². The Kier molecular flexibility index (Phi) is 5.57. The maximum Gasteiger partial charge on any atom is 0.225 e. The van der Waals surface area contributed by atoms with E-state index in [0.29, 0.717) is 12.5 Å². The molecule has 0 radical (unpaired) electrons. The highest BCUT2D eigenvalue weighted by molar-refractivity contribution is 5.94. The molecule has 0 saturated heterocycles. The van der Waals surface area contributed by atoms with E-state index >= 15 is 0 Å². The van der Waals surface area contributed by atoms with Crippen LogP contribution in [-0.4, -0.2) is 18.5 Å². The lowest BCUT2D eigenvalue weighted by Crippen LogP contribution is -2.34. The van der Waals surface area contributed by atoms with E-state index < -0.39 is 0 Å². The number of hydrogen-bond acceptors (Lipinski definition) is 2. The van der Waals surface area contributed by atoms with E-state index in [-0.39, 0.29) is 11.8 Å². The zero-order valence-corrected chi connectivity index (χ0v) is 13.3. The van der Waals surface area contributed by atoms with Gasteiger partial charge in [-0.05, 0) is 45.2 Å². The number of carbonyl (C=O) groups is 1. The summed E-state index contributed by atoms with van der Waals surface area (Å²) in [5, 5.41) is 6.53. The molecule has 3 heteroatoms. The smallest absolute Gasteiger partial charge is 0.225 e. The number of carbonyl (C=O) groups excluding carboxylic acids is 1. The Morgan fingerprint density at radius 3 is 2.95 bits per heavy atom. The van der Waals surface area contributed by atoms with Gasteiger partial charge in [-0.25, -0.2) is 0 Å². The fourth-order valence-corrected chi connectivity index (χ4v) is 2.75. The minimum Gasteiger partial charge on any atom is -0.326 e. The quantitative estimate of drug-likeness (QED) is 0.780. The molecule has 21 heavy (non-hydrogen) atoms. The van der Waals surface area contributed by atoms with E-state index in [2.05, 4.69) is 43.5 Å². The number of anilines is 1. The van der Waals surface area contributed by atoms with E-state index in [1.807, 2.05) is 18.2 Å². The largest absolute Gasteiger partial charge is 0.326 e. The van der Waals surface area contributed by atoms with Crippen molar-refractivity contribution < 1.29 is 4.79 Å². The summed E-state index contributed by atoms with van der Waals surface area (Å²) in [5.74, 6) is 0.401.